The lowest BCUT2D eigenvalue weighted by Crippen LogP contribution is -2.56. The first-order valence-corrected chi connectivity index (χ1v) is 7.51. The first-order valence-electron chi connectivity index (χ1n) is 7.51. The maximum absolute atomic E-state index is 12.6. The summed E-state index contributed by atoms with van der Waals surface area (Å²) in [5.74, 6) is -0.632. The zero-order chi connectivity index (χ0) is 15.1. The monoisotopic (exact) mass is 295 g/mol. The highest BCUT2D eigenvalue weighted by Gasteiger charge is 2.50. The Labute approximate surface area is 123 Å². The summed E-state index contributed by atoms with van der Waals surface area (Å²) in [6, 6.07) is -1.02. The molecule has 3 aliphatic rings. The van der Waals surface area contributed by atoms with E-state index in [2.05, 4.69) is 0 Å². The Morgan fingerprint density at radius 3 is 2.67 bits per heavy atom. The van der Waals surface area contributed by atoms with E-state index in [1.54, 1.807) is 11.9 Å². The molecule has 3 atom stereocenters. The molecule has 0 aromatic carbocycles. The minimum atomic E-state index is -0.918. The van der Waals surface area contributed by atoms with Crippen molar-refractivity contribution in [3.8, 4) is 0 Å². The van der Waals surface area contributed by atoms with Crippen molar-refractivity contribution in [3.05, 3.63) is 0 Å². The summed E-state index contributed by atoms with van der Waals surface area (Å²) in [5, 5.41) is 9.48. The van der Waals surface area contributed by atoms with Gasteiger partial charge in [-0.1, -0.05) is 6.42 Å². The SMILES string of the molecule is CN1CCN(C(=O)N2CC3CCCC3C2C(=O)O)CC1=O. The maximum atomic E-state index is 12.6. The van der Waals surface area contributed by atoms with Crippen LogP contribution in [-0.4, -0.2) is 77.0 Å². The zero-order valence-corrected chi connectivity index (χ0v) is 12.2. The van der Waals surface area contributed by atoms with Gasteiger partial charge in [0.25, 0.3) is 0 Å². The van der Waals surface area contributed by atoms with Gasteiger partial charge in [-0.15, -0.1) is 0 Å². The molecule has 1 aliphatic carbocycles. The van der Waals surface area contributed by atoms with E-state index in [4.69, 9.17) is 0 Å². The van der Waals surface area contributed by atoms with E-state index in [1.165, 1.54) is 9.80 Å². The average Bonchev–Trinajstić information content (AvgIpc) is 3.00. The van der Waals surface area contributed by atoms with Crippen molar-refractivity contribution in [1.82, 2.24) is 14.7 Å². The van der Waals surface area contributed by atoms with Gasteiger partial charge in [0.15, 0.2) is 0 Å². The van der Waals surface area contributed by atoms with Gasteiger partial charge in [0.1, 0.15) is 12.6 Å². The Kier molecular flexibility index (Phi) is 3.51. The van der Waals surface area contributed by atoms with E-state index in [9.17, 15) is 19.5 Å². The molecule has 0 spiro atoms. The number of carbonyl (C=O) groups excluding carboxylic acids is 2. The lowest BCUT2D eigenvalue weighted by molar-refractivity contribution is -0.142. The summed E-state index contributed by atoms with van der Waals surface area (Å²) in [6.45, 7) is 1.54. The third kappa shape index (κ3) is 2.34. The molecule has 2 heterocycles. The molecule has 3 fully saturated rings. The van der Waals surface area contributed by atoms with Crippen LogP contribution in [0.25, 0.3) is 0 Å². The predicted molar refractivity (Wildman–Crippen MR) is 73.6 cm³/mol. The van der Waals surface area contributed by atoms with E-state index >= 15 is 0 Å². The molecule has 3 rings (SSSR count). The summed E-state index contributed by atoms with van der Waals surface area (Å²) >= 11 is 0. The zero-order valence-electron chi connectivity index (χ0n) is 12.2. The minimum Gasteiger partial charge on any atom is -0.480 e. The second-order valence-corrected chi connectivity index (χ2v) is 6.31. The molecular weight excluding hydrogens is 274 g/mol. The number of carboxylic acid groups (broad SMARTS) is 1. The topological polar surface area (TPSA) is 81.2 Å². The van der Waals surface area contributed by atoms with Crippen molar-refractivity contribution in [1.29, 1.82) is 0 Å². The number of rotatable bonds is 1. The Hall–Kier alpha value is -1.79. The van der Waals surface area contributed by atoms with Crippen molar-refractivity contribution >= 4 is 17.9 Å². The molecule has 21 heavy (non-hydrogen) atoms. The minimum absolute atomic E-state index is 0.0491. The molecule has 116 valence electrons. The van der Waals surface area contributed by atoms with Crippen LogP contribution in [0.1, 0.15) is 19.3 Å². The number of urea groups is 1. The number of piperazine rings is 1. The summed E-state index contributed by atoms with van der Waals surface area (Å²) < 4.78 is 0. The van der Waals surface area contributed by atoms with Crippen molar-refractivity contribution in [2.24, 2.45) is 11.8 Å². The van der Waals surface area contributed by atoms with Crippen LogP contribution >= 0.6 is 0 Å². The highest BCUT2D eigenvalue weighted by molar-refractivity contribution is 5.88. The normalized spacial score (nSPS) is 32.5. The van der Waals surface area contributed by atoms with Crippen LogP contribution in [0.2, 0.25) is 0 Å². The van der Waals surface area contributed by atoms with Gasteiger partial charge in [-0.05, 0) is 24.7 Å². The molecule has 3 unspecified atom stereocenters. The van der Waals surface area contributed by atoms with Crippen molar-refractivity contribution in [2.45, 2.75) is 25.3 Å². The molecule has 2 saturated heterocycles. The molecule has 0 aromatic heterocycles. The van der Waals surface area contributed by atoms with Gasteiger partial charge in [-0.25, -0.2) is 9.59 Å². The third-order valence-corrected chi connectivity index (χ3v) is 5.12. The predicted octanol–water partition coefficient (Wildman–Crippen LogP) is 0.0655. The molecule has 0 bridgehead atoms. The van der Waals surface area contributed by atoms with Crippen molar-refractivity contribution in [2.75, 3.05) is 33.2 Å². The Morgan fingerprint density at radius 2 is 2.00 bits per heavy atom. The van der Waals surface area contributed by atoms with Gasteiger partial charge in [0, 0.05) is 26.7 Å². The van der Waals surface area contributed by atoms with E-state index in [0.717, 1.165) is 19.3 Å². The van der Waals surface area contributed by atoms with Crippen LogP contribution in [0.3, 0.4) is 0 Å². The first-order chi connectivity index (χ1) is 9.99. The lowest BCUT2D eigenvalue weighted by Gasteiger charge is -2.36. The number of likely N-dealkylation sites (tertiary alicyclic amines) is 1. The number of carbonyl (C=O) groups is 3. The number of nitrogens with zero attached hydrogens (tertiary/aromatic N) is 3. The molecule has 0 aromatic rings. The van der Waals surface area contributed by atoms with Crippen LogP contribution in [0.4, 0.5) is 4.79 Å². The van der Waals surface area contributed by atoms with E-state index in [0.29, 0.717) is 25.6 Å². The van der Waals surface area contributed by atoms with Crippen LogP contribution in [0.15, 0.2) is 0 Å². The number of carboxylic acids is 1. The van der Waals surface area contributed by atoms with E-state index in [1.807, 2.05) is 0 Å². The number of aliphatic carboxylic acids is 1. The van der Waals surface area contributed by atoms with E-state index in [-0.39, 0.29) is 24.4 Å². The van der Waals surface area contributed by atoms with Crippen LogP contribution in [-0.2, 0) is 9.59 Å². The summed E-state index contributed by atoms with van der Waals surface area (Å²) in [7, 11) is 1.71. The van der Waals surface area contributed by atoms with Crippen LogP contribution in [0.5, 0.6) is 0 Å². The third-order valence-electron chi connectivity index (χ3n) is 5.12. The van der Waals surface area contributed by atoms with Crippen molar-refractivity contribution < 1.29 is 19.5 Å². The fraction of sp³-hybridized carbons (Fsp3) is 0.786. The fourth-order valence-electron chi connectivity index (χ4n) is 3.92. The molecule has 3 amide bonds. The molecule has 1 saturated carbocycles. The van der Waals surface area contributed by atoms with Gasteiger partial charge in [0.2, 0.25) is 5.91 Å². The Bertz CT molecular complexity index is 481. The Morgan fingerprint density at radius 1 is 1.24 bits per heavy atom. The van der Waals surface area contributed by atoms with Crippen LogP contribution < -0.4 is 0 Å². The average molecular weight is 295 g/mol. The standard InChI is InChI=1S/C14H21N3O4/c1-15-5-6-16(8-11(15)18)14(21)17-7-9-3-2-4-10(9)12(17)13(19)20/h9-10,12H,2-8H2,1H3,(H,19,20). The molecule has 1 N–H and O–H groups in total. The number of fused-ring (bicyclic) bond motifs is 1. The van der Waals surface area contributed by atoms with Crippen LogP contribution in [0, 0.1) is 11.8 Å². The number of likely N-dealkylation sites (N-methyl/N-ethyl adjacent to an activating group) is 1. The molecule has 7 heteroatoms. The van der Waals surface area contributed by atoms with Gasteiger partial charge in [0.05, 0.1) is 0 Å². The molecule has 7 nitrogen and oxygen atoms in total. The highest BCUT2D eigenvalue weighted by atomic mass is 16.4. The number of hydrogen-bond donors (Lipinski definition) is 1. The smallest absolute Gasteiger partial charge is 0.326 e. The highest BCUT2D eigenvalue weighted by Crippen LogP contribution is 2.42. The second-order valence-electron chi connectivity index (χ2n) is 6.31. The second kappa shape index (κ2) is 5.20. The summed E-state index contributed by atoms with van der Waals surface area (Å²) in [6.07, 6.45) is 2.93. The largest absolute Gasteiger partial charge is 0.480 e. The summed E-state index contributed by atoms with van der Waals surface area (Å²) in [5.41, 5.74) is 0. The number of hydrogen-bond acceptors (Lipinski definition) is 3. The van der Waals surface area contributed by atoms with Gasteiger partial charge in [-0.3, -0.25) is 4.79 Å². The molecular formula is C14H21N3O4. The van der Waals surface area contributed by atoms with Gasteiger partial charge >= 0.3 is 12.0 Å². The lowest BCUT2D eigenvalue weighted by atomic mass is 9.94. The van der Waals surface area contributed by atoms with Gasteiger partial charge in [-0.2, -0.15) is 0 Å². The van der Waals surface area contributed by atoms with Gasteiger partial charge < -0.3 is 19.8 Å². The Balaban J connectivity index is 1.74. The van der Waals surface area contributed by atoms with Crippen molar-refractivity contribution in [3.63, 3.8) is 0 Å². The number of amides is 3. The quantitative estimate of drug-likeness (QED) is 0.742. The molecule has 2 aliphatic heterocycles. The summed E-state index contributed by atoms with van der Waals surface area (Å²) in [4.78, 5) is 40.5. The fourth-order valence-corrected chi connectivity index (χ4v) is 3.92. The van der Waals surface area contributed by atoms with E-state index < -0.39 is 12.0 Å². The first kappa shape index (κ1) is 14.2. The maximum Gasteiger partial charge on any atom is 0.326 e. The molecule has 0 radical (unpaired) electrons.